The lowest BCUT2D eigenvalue weighted by Crippen LogP contribution is -1.95. The van der Waals surface area contributed by atoms with Crippen molar-refractivity contribution < 1.29 is 0 Å². The van der Waals surface area contributed by atoms with Crippen LogP contribution in [-0.2, 0) is 0 Å². The molecule has 20 heavy (non-hydrogen) atoms. The Labute approximate surface area is 134 Å². The minimum Gasteiger partial charge on any atom is -0.383 e. The van der Waals surface area contributed by atoms with Gasteiger partial charge in [-0.05, 0) is 40.5 Å². The highest BCUT2D eigenvalue weighted by Crippen LogP contribution is 2.36. The number of nitrogens with zero attached hydrogens (tertiary/aromatic N) is 2. The molecule has 102 valence electrons. The van der Waals surface area contributed by atoms with Crippen molar-refractivity contribution in [2.45, 2.75) is 6.92 Å². The monoisotopic (exact) mass is 369 g/mol. The third-order valence-electron chi connectivity index (χ3n) is 3.15. The van der Waals surface area contributed by atoms with Gasteiger partial charge in [0.2, 0.25) is 0 Å². The highest BCUT2D eigenvalue weighted by Gasteiger charge is 2.16. The Morgan fingerprint density at radius 2 is 2.05 bits per heavy atom. The first-order valence-corrected chi connectivity index (χ1v) is 7.42. The number of fused-ring (bicyclic) bond motifs is 1. The van der Waals surface area contributed by atoms with Gasteiger partial charge in [-0.25, -0.2) is 4.98 Å². The van der Waals surface area contributed by atoms with Gasteiger partial charge in [0.05, 0.1) is 10.0 Å². The lowest BCUT2D eigenvalue weighted by Gasteiger charge is -2.04. The van der Waals surface area contributed by atoms with Crippen molar-refractivity contribution in [2.75, 3.05) is 5.73 Å². The molecule has 0 atom stereocenters. The number of imidazole rings is 1. The zero-order chi connectivity index (χ0) is 14.4. The Morgan fingerprint density at radius 3 is 2.80 bits per heavy atom. The SMILES string of the molecule is Cc1cc2nc(-c3cccc(Cl)c3Cl)c(N)n2cc1Br. The predicted molar refractivity (Wildman–Crippen MR) is 87.5 cm³/mol. The summed E-state index contributed by atoms with van der Waals surface area (Å²) >= 11 is 15.8. The number of benzene rings is 1. The van der Waals surface area contributed by atoms with Crippen LogP contribution in [0.3, 0.4) is 0 Å². The second kappa shape index (κ2) is 4.95. The second-order valence-electron chi connectivity index (χ2n) is 4.48. The van der Waals surface area contributed by atoms with Crippen LogP contribution >= 0.6 is 39.1 Å². The molecule has 0 saturated carbocycles. The fourth-order valence-corrected chi connectivity index (χ4v) is 2.77. The van der Waals surface area contributed by atoms with Crippen LogP contribution in [0.4, 0.5) is 5.82 Å². The van der Waals surface area contributed by atoms with E-state index in [1.54, 1.807) is 6.07 Å². The van der Waals surface area contributed by atoms with E-state index in [2.05, 4.69) is 20.9 Å². The van der Waals surface area contributed by atoms with E-state index in [1.165, 1.54) is 0 Å². The maximum atomic E-state index is 6.24. The average molecular weight is 371 g/mol. The first-order valence-electron chi connectivity index (χ1n) is 5.87. The molecule has 0 unspecified atom stereocenters. The second-order valence-corrected chi connectivity index (χ2v) is 6.12. The zero-order valence-corrected chi connectivity index (χ0v) is 13.6. The van der Waals surface area contributed by atoms with Crippen molar-refractivity contribution in [2.24, 2.45) is 0 Å². The molecular weight excluding hydrogens is 361 g/mol. The van der Waals surface area contributed by atoms with Gasteiger partial charge in [-0.1, -0.05) is 35.3 Å². The first kappa shape index (κ1) is 13.7. The van der Waals surface area contributed by atoms with Crippen molar-refractivity contribution in [1.82, 2.24) is 9.38 Å². The maximum Gasteiger partial charge on any atom is 0.139 e. The van der Waals surface area contributed by atoms with Crippen molar-refractivity contribution in [1.29, 1.82) is 0 Å². The van der Waals surface area contributed by atoms with Crippen LogP contribution in [0.5, 0.6) is 0 Å². The summed E-state index contributed by atoms with van der Waals surface area (Å²) in [6.45, 7) is 2.00. The van der Waals surface area contributed by atoms with E-state index in [0.717, 1.165) is 21.2 Å². The first-order chi connectivity index (χ1) is 9.49. The molecule has 2 N–H and O–H groups in total. The molecule has 0 aliphatic carbocycles. The number of rotatable bonds is 1. The summed E-state index contributed by atoms with van der Waals surface area (Å²) in [5.74, 6) is 0.532. The fraction of sp³-hybridized carbons (Fsp3) is 0.0714. The molecule has 0 saturated heterocycles. The van der Waals surface area contributed by atoms with E-state index in [1.807, 2.05) is 35.7 Å². The van der Waals surface area contributed by atoms with Crippen LogP contribution in [0.25, 0.3) is 16.9 Å². The maximum absolute atomic E-state index is 6.24. The van der Waals surface area contributed by atoms with Crippen molar-refractivity contribution in [3.8, 4) is 11.3 Å². The predicted octanol–water partition coefficient (Wildman–Crippen LogP) is 4.96. The molecule has 2 aromatic heterocycles. The van der Waals surface area contributed by atoms with Crippen LogP contribution in [-0.4, -0.2) is 9.38 Å². The quantitative estimate of drug-likeness (QED) is 0.657. The summed E-state index contributed by atoms with van der Waals surface area (Å²) < 4.78 is 2.79. The highest BCUT2D eigenvalue weighted by atomic mass is 79.9. The average Bonchev–Trinajstić information content (AvgIpc) is 2.71. The van der Waals surface area contributed by atoms with Gasteiger partial charge in [0.15, 0.2) is 0 Å². The Hall–Kier alpha value is -1.23. The van der Waals surface area contributed by atoms with E-state index in [4.69, 9.17) is 28.9 Å². The minimum atomic E-state index is 0.458. The van der Waals surface area contributed by atoms with Gasteiger partial charge in [-0.3, -0.25) is 4.40 Å². The molecule has 3 aromatic rings. The normalized spacial score (nSPS) is 11.2. The summed E-state index contributed by atoms with van der Waals surface area (Å²) in [6.07, 6.45) is 1.90. The molecule has 0 radical (unpaired) electrons. The van der Waals surface area contributed by atoms with Gasteiger partial charge < -0.3 is 5.73 Å². The van der Waals surface area contributed by atoms with Crippen LogP contribution in [0.15, 0.2) is 34.9 Å². The number of nitrogens with two attached hydrogens (primary N) is 1. The van der Waals surface area contributed by atoms with Gasteiger partial charge in [0.25, 0.3) is 0 Å². The van der Waals surface area contributed by atoms with Gasteiger partial charge in [-0.2, -0.15) is 0 Å². The molecule has 0 bridgehead atoms. The molecule has 2 heterocycles. The summed E-state index contributed by atoms with van der Waals surface area (Å²) in [7, 11) is 0. The number of pyridine rings is 1. The standard InChI is InChI=1S/C14H10BrCl2N3/c1-7-5-11-19-13(14(18)20(11)6-9(7)15)8-3-2-4-10(16)12(8)17/h2-6H,18H2,1H3. The third kappa shape index (κ3) is 2.08. The van der Waals surface area contributed by atoms with E-state index < -0.39 is 0 Å². The molecule has 3 rings (SSSR count). The molecule has 6 heteroatoms. The van der Waals surface area contributed by atoms with Crippen LogP contribution in [0, 0.1) is 6.92 Å². The number of halogens is 3. The summed E-state index contributed by atoms with van der Waals surface area (Å²) in [4.78, 5) is 4.56. The van der Waals surface area contributed by atoms with Crippen LogP contribution < -0.4 is 5.73 Å². The van der Waals surface area contributed by atoms with Crippen LogP contribution in [0.1, 0.15) is 5.56 Å². The lowest BCUT2D eigenvalue weighted by atomic mass is 10.1. The fourth-order valence-electron chi connectivity index (χ4n) is 2.06. The largest absolute Gasteiger partial charge is 0.383 e. The Kier molecular flexibility index (Phi) is 3.40. The number of nitrogen functional groups attached to an aromatic ring is 1. The molecule has 3 nitrogen and oxygen atoms in total. The number of aromatic nitrogens is 2. The summed E-state index contributed by atoms with van der Waals surface area (Å²) in [5.41, 5.74) is 9.41. The summed E-state index contributed by atoms with van der Waals surface area (Å²) in [5, 5.41) is 0.943. The summed E-state index contributed by atoms with van der Waals surface area (Å²) in [6, 6.07) is 7.38. The zero-order valence-electron chi connectivity index (χ0n) is 10.5. The Balaban J connectivity index is 2.32. The third-order valence-corrected chi connectivity index (χ3v) is 4.80. The number of hydrogen-bond donors (Lipinski definition) is 1. The molecule has 1 aromatic carbocycles. The number of aryl methyl sites for hydroxylation is 1. The van der Waals surface area contributed by atoms with Gasteiger partial charge in [0, 0.05) is 16.2 Å². The molecule has 0 aliphatic heterocycles. The molecule has 0 spiro atoms. The van der Waals surface area contributed by atoms with Crippen LogP contribution in [0.2, 0.25) is 10.0 Å². The molecule has 0 aliphatic rings. The highest BCUT2D eigenvalue weighted by molar-refractivity contribution is 9.10. The Morgan fingerprint density at radius 1 is 1.30 bits per heavy atom. The minimum absolute atomic E-state index is 0.458. The molecular formula is C14H10BrCl2N3. The lowest BCUT2D eigenvalue weighted by molar-refractivity contribution is 1.16. The number of anilines is 1. The van der Waals surface area contributed by atoms with Gasteiger partial charge >= 0.3 is 0 Å². The topological polar surface area (TPSA) is 43.3 Å². The molecule has 0 amide bonds. The van der Waals surface area contributed by atoms with Crippen molar-refractivity contribution >= 4 is 50.6 Å². The van der Waals surface area contributed by atoms with Gasteiger partial charge in [-0.15, -0.1) is 0 Å². The van der Waals surface area contributed by atoms with Crippen molar-refractivity contribution in [3.63, 3.8) is 0 Å². The molecule has 0 fully saturated rings. The Bertz CT molecular complexity index is 827. The van der Waals surface area contributed by atoms with E-state index in [9.17, 15) is 0 Å². The van der Waals surface area contributed by atoms with E-state index in [-0.39, 0.29) is 0 Å². The smallest absolute Gasteiger partial charge is 0.139 e. The van der Waals surface area contributed by atoms with Gasteiger partial charge in [0.1, 0.15) is 17.2 Å². The van der Waals surface area contributed by atoms with E-state index >= 15 is 0 Å². The van der Waals surface area contributed by atoms with Crippen molar-refractivity contribution in [3.05, 3.63) is 50.5 Å². The van der Waals surface area contributed by atoms with E-state index in [0.29, 0.717) is 21.6 Å². The number of hydrogen-bond acceptors (Lipinski definition) is 2.